The normalized spacial score (nSPS) is 11.5. The van der Waals surface area contributed by atoms with Crippen molar-refractivity contribution < 1.29 is 4.74 Å². The first kappa shape index (κ1) is 17.8. The Labute approximate surface area is 133 Å². The Hall–Kier alpha value is -1.26. The summed E-state index contributed by atoms with van der Waals surface area (Å²) in [4.78, 5) is 6.40. The molecule has 0 aliphatic heterocycles. The Balaban J connectivity index is 2.34. The molecule has 0 aromatic heterocycles. The molecular weight excluding hydrogens is 286 g/mol. The van der Waals surface area contributed by atoms with E-state index in [1.807, 2.05) is 32.2 Å². The SMILES string of the molecule is CCOCCCCNC(=NC)N(C)Cc1cccc(Cl)c1. The van der Waals surface area contributed by atoms with Gasteiger partial charge in [0.05, 0.1) is 0 Å². The van der Waals surface area contributed by atoms with E-state index in [0.29, 0.717) is 0 Å². The molecule has 0 saturated carbocycles. The van der Waals surface area contributed by atoms with Crippen molar-refractivity contribution in [2.45, 2.75) is 26.3 Å². The van der Waals surface area contributed by atoms with Gasteiger partial charge in [-0.15, -0.1) is 0 Å². The molecule has 1 N–H and O–H groups in total. The van der Waals surface area contributed by atoms with Crippen molar-refractivity contribution in [2.75, 3.05) is 33.9 Å². The molecule has 0 bridgehead atoms. The molecule has 0 aliphatic carbocycles. The topological polar surface area (TPSA) is 36.9 Å². The third-order valence-electron chi connectivity index (χ3n) is 3.08. The van der Waals surface area contributed by atoms with Crippen LogP contribution in [0.4, 0.5) is 0 Å². The molecular formula is C16H26ClN3O. The number of nitrogens with zero attached hydrogens (tertiary/aromatic N) is 2. The van der Waals surface area contributed by atoms with Gasteiger partial charge >= 0.3 is 0 Å². The van der Waals surface area contributed by atoms with Crippen molar-refractivity contribution in [3.8, 4) is 0 Å². The van der Waals surface area contributed by atoms with Crippen LogP contribution < -0.4 is 5.32 Å². The summed E-state index contributed by atoms with van der Waals surface area (Å²) in [5, 5.41) is 4.13. The predicted molar refractivity (Wildman–Crippen MR) is 90.0 cm³/mol. The first-order valence-electron chi connectivity index (χ1n) is 7.41. The van der Waals surface area contributed by atoms with Gasteiger partial charge in [-0.1, -0.05) is 23.7 Å². The van der Waals surface area contributed by atoms with Crippen molar-refractivity contribution in [3.63, 3.8) is 0 Å². The summed E-state index contributed by atoms with van der Waals surface area (Å²) in [6, 6.07) is 7.90. The summed E-state index contributed by atoms with van der Waals surface area (Å²) in [7, 11) is 3.83. The maximum atomic E-state index is 6.01. The van der Waals surface area contributed by atoms with E-state index in [2.05, 4.69) is 21.3 Å². The van der Waals surface area contributed by atoms with Gasteiger partial charge in [0.15, 0.2) is 5.96 Å². The zero-order valence-corrected chi connectivity index (χ0v) is 14.0. The van der Waals surface area contributed by atoms with Crippen molar-refractivity contribution in [3.05, 3.63) is 34.9 Å². The minimum absolute atomic E-state index is 0.764. The van der Waals surface area contributed by atoms with Gasteiger partial charge in [-0.05, 0) is 37.5 Å². The van der Waals surface area contributed by atoms with Crippen LogP contribution in [0.1, 0.15) is 25.3 Å². The van der Waals surface area contributed by atoms with E-state index in [9.17, 15) is 0 Å². The van der Waals surface area contributed by atoms with Crippen LogP contribution in [-0.4, -0.2) is 44.7 Å². The first-order chi connectivity index (χ1) is 10.2. The molecule has 0 saturated heterocycles. The summed E-state index contributed by atoms with van der Waals surface area (Å²) in [6.07, 6.45) is 2.14. The Morgan fingerprint density at radius 1 is 1.38 bits per heavy atom. The van der Waals surface area contributed by atoms with Crippen molar-refractivity contribution in [1.29, 1.82) is 0 Å². The number of halogens is 1. The largest absolute Gasteiger partial charge is 0.382 e. The Morgan fingerprint density at radius 2 is 2.19 bits per heavy atom. The van der Waals surface area contributed by atoms with Gasteiger partial charge in [0.25, 0.3) is 0 Å². The molecule has 0 aliphatic rings. The van der Waals surface area contributed by atoms with E-state index < -0.39 is 0 Å². The van der Waals surface area contributed by atoms with Crippen LogP contribution in [0.3, 0.4) is 0 Å². The number of ether oxygens (including phenoxy) is 1. The van der Waals surface area contributed by atoms with Gasteiger partial charge < -0.3 is 15.0 Å². The maximum Gasteiger partial charge on any atom is 0.193 e. The Bertz CT molecular complexity index is 437. The number of benzene rings is 1. The lowest BCUT2D eigenvalue weighted by atomic mass is 10.2. The summed E-state index contributed by atoms with van der Waals surface area (Å²) < 4.78 is 5.32. The molecule has 21 heavy (non-hydrogen) atoms. The highest BCUT2D eigenvalue weighted by Crippen LogP contribution is 2.12. The molecule has 118 valence electrons. The van der Waals surface area contributed by atoms with Crippen molar-refractivity contribution >= 4 is 17.6 Å². The first-order valence-corrected chi connectivity index (χ1v) is 7.79. The smallest absolute Gasteiger partial charge is 0.193 e. The summed E-state index contributed by atoms with van der Waals surface area (Å²) in [6.45, 7) is 5.32. The lowest BCUT2D eigenvalue weighted by Gasteiger charge is -2.22. The second-order valence-electron chi connectivity index (χ2n) is 4.86. The van der Waals surface area contributed by atoms with Gasteiger partial charge in [0.1, 0.15) is 0 Å². The van der Waals surface area contributed by atoms with Crippen molar-refractivity contribution in [1.82, 2.24) is 10.2 Å². The van der Waals surface area contributed by atoms with Gasteiger partial charge in [0, 0.05) is 45.4 Å². The fourth-order valence-electron chi connectivity index (χ4n) is 2.04. The minimum Gasteiger partial charge on any atom is -0.382 e. The zero-order valence-electron chi connectivity index (χ0n) is 13.2. The van der Waals surface area contributed by atoms with E-state index in [4.69, 9.17) is 16.3 Å². The monoisotopic (exact) mass is 311 g/mol. The van der Waals surface area contributed by atoms with Gasteiger partial charge in [-0.25, -0.2) is 0 Å². The minimum atomic E-state index is 0.764. The Morgan fingerprint density at radius 3 is 2.86 bits per heavy atom. The van der Waals surface area contributed by atoms with Crippen molar-refractivity contribution in [2.24, 2.45) is 4.99 Å². The van der Waals surface area contributed by atoms with E-state index in [-0.39, 0.29) is 0 Å². The molecule has 1 aromatic rings. The van der Waals surface area contributed by atoms with E-state index in [0.717, 1.165) is 50.1 Å². The molecule has 1 rings (SSSR count). The van der Waals surface area contributed by atoms with Crippen LogP contribution in [-0.2, 0) is 11.3 Å². The van der Waals surface area contributed by atoms with Gasteiger partial charge in [0.2, 0.25) is 0 Å². The summed E-state index contributed by atoms with van der Waals surface area (Å²) in [5.41, 5.74) is 1.17. The number of unbranched alkanes of at least 4 members (excludes halogenated alkanes) is 1. The highest BCUT2D eigenvalue weighted by atomic mass is 35.5. The van der Waals surface area contributed by atoms with Crippen LogP contribution >= 0.6 is 11.6 Å². The molecule has 0 heterocycles. The lowest BCUT2D eigenvalue weighted by molar-refractivity contribution is 0.143. The molecule has 0 radical (unpaired) electrons. The molecule has 0 spiro atoms. The Kier molecular flexibility index (Phi) is 8.87. The average Bonchev–Trinajstić information content (AvgIpc) is 2.46. The number of hydrogen-bond acceptors (Lipinski definition) is 2. The van der Waals surface area contributed by atoms with Crippen LogP contribution in [0, 0.1) is 0 Å². The van der Waals surface area contributed by atoms with Crippen LogP contribution in [0.5, 0.6) is 0 Å². The molecule has 0 atom stereocenters. The maximum absolute atomic E-state index is 6.01. The molecule has 1 aromatic carbocycles. The fraction of sp³-hybridized carbons (Fsp3) is 0.562. The molecule has 0 fully saturated rings. The van der Waals surface area contributed by atoms with Gasteiger partial charge in [-0.3, -0.25) is 4.99 Å². The second kappa shape index (κ2) is 10.5. The summed E-state index contributed by atoms with van der Waals surface area (Å²) in [5.74, 6) is 0.895. The third-order valence-corrected chi connectivity index (χ3v) is 3.32. The number of nitrogens with one attached hydrogen (secondary N) is 1. The molecule has 0 unspecified atom stereocenters. The van der Waals surface area contributed by atoms with Crippen LogP contribution in [0.2, 0.25) is 5.02 Å². The molecule has 4 nitrogen and oxygen atoms in total. The quantitative estimate of drug-likeness (QED) is 0.455. The second-order valence-corrected chi connectivity index (χ2v) is 5.30. The number of guanidine groups is 1. The van der Waals surface area contributed by atoms with Crippen LogP contribution in [0.25, 0.3) is 0 Å². The highest BCUT2D eigenvalue weighted by molar-refractivity contribution is 6.30. The standard InChI is InChI=1S/C16H26ClN3O/c1-4-21-11-6-5-10-19-16(18-2)20(3)13-14-8-7-9-15(17)12-14/h7-9,12H,4-6,10-11,13H2,1-3H3,(H,18,19). The number of aliphatic imine (C=N–C) groups is 1. The zero-order chi connectivity index (χ0) is 15.5. The lowest BCUT2D eigenvalue weighted by Crippen LogP contribution is -2.38. The molecule has 0 amide bonds. The van der Waals surface area contributed by atoms with E-state index in [1.165, 1.54) is 5.56 Å². The van der Waals surface area contributed by atoms with Crippen LogP contribution in [0.15, 0.2) is 29.3 Å². The van der Waals surface area contributed by atoms with E-state index in [1.54, 1.807) is 7.05 Å². The highest BCUT2D eigenvalue weighted by Gasteiger charge is 2.06. The number of hydrogen-bond donors (Lipinski definition) is 1. The van der Waals surface area contributed by atoms with Gasteiger partial charge in [-0.2, -0.15) is 0 Å². The predicted octanol–water partition coefficient (Wildman–Crippen LogP) is 3.16. The molecule has 5 heteroatoms. The summed E-state index contributed by atoms with van der Waals surface area (Å²) >= 11 is 6.01. The van der Waals surface area contributed by atoms with E-state index >= 15 is 0 Å². The fourth-order valence-corrected chi connectivity index (χ4v) is 2.26. The number of rotatable bonds is 8. The third kappa shape index (κ3) is 7.34. The average molecular weight is 312 g/mol.